The Hall–Kier alpha value is -1.71. The molecule has 3 rings (SSSR count). The van der Waals surface area contributed by atoms with Crippen LogP contribution < -0.4 is 11.1 Å². The summed E-state index contributed by atoms with van der Waals surface area (Å²) in [6, 6.07) is 5.20. The maximum Gasteiger partial charge on any atom is 0.335 e. The van der Waals surface area contributed by atoms with Crippen molar-refractivity contribution in [2.75, 3.05) is 11.1 Å². The van der Waals surface area contributed by atoms with E-state index < -0.39 is 5.97 Å². The molecule has 2 fully saturated rings. The first-order valence-electron chi connectivity index (χ1n) is 7.44. The van der Waals surface area contributed by atoms with E-state index >= 15 is 0 Å². The van der Waals surface area contributed by atoms with Crippen LogP contribution in [0.5, 0.6) is 0 Å². The van der Waals surface area contributed by atoms with Crippen molar-refractivity contribution in [1.29, 1.82) is 0 Å². The van der Waals surface area contributed by atoms with Crippen LogP contribution in [0.2, 0.25) is 0 Å². The monoisotopic (exact) mass is 274 g/mol. The van der Waals surface area contributed by atoms with Crippen LogP contribution in [0, 0.1) is 17.8 Å². The van der Waals surface area contributed by atoms with Gasteiger partial charge in [-0.25, -0.2) is 4.79 Å². The van der Waals surface area contributed by atoms with Gasteiger partial charge in [-0.05, 0) is 62.1 Å². The molecule has 0 spiro atoms. The topological polar surface area (TPSA) is 75.3 Å². The van der Waals surface area contributed by atoms with E-state index in [0.29, 0.717) is 17.6 Å². The molecule has 1 aromatic rings. The lowest BCUT2D eigenvalue weighted by Crippen LogP contribution is -2.30. The highest BCUT2D eigenvalue weighted by atomic mass is 16.4. The van der Waals surface area contributed by atoms with Crippen molar-refractivity contribution in [2.45, 2.75) is 38.6 Å². The predicted molar refractivity (Wildman–Crippen MR) is 79.8 cm³/mol. The quantitative estimate of drug-likeness (QED) is 0.737. The maximum absolute atomic E-state index is 11.0. The van der Waals surface area contributed by atoms with Gasteiger partial charge in [0.05, 0.1) is 16.9 Å². The van der Waals surface area contributed by atoms with Crippen molar-refractivity contribution >= 4 is 17.3 Å². The first kappa shape index (κ1) is 13.3. The SMILES string of the molecule is CC(Nc1cc(C(=O)O)ccc1N)C1CC2CCC1C2. The molecule has 4 nitrogen and oxygen atoms in total. The molecular formula is C16H22N2O2. The van der Waals surface area contributed by atoms with E-state index in [9.17, 15) is 4.79 Å². The zero-order chi connectivity index (χ0) is 14.3. The molecule has 0 saturated heterocycles. The van der Waals surface area contributed by atoms with E-state index in [0.717, 1.165) is 17.5 Å². The average Bonchev–Trinajstić information content (AvgIpc) is 3.03. The smallest absolute Gasteiger partial charge is 0.335 e. The number of carboxylic acids is 1. The van der Waals surface area contributed by atoms with Crippen LogP contribution in [0.4, 0.5) is 11.4 Å². The molecule has 0 heterocycles. The largest absolute Gasteiger partial charge is 0.478 e. The molecule has 108 valence electrons. The summed E-state index contributed by atoms with van der Waals surface area (Å²) in [6.07, 6.45) is 5.43. The molecule has 20 heavy (non-hydrogen) atoms. The molecule has 2 saturated carbocycles. The van der Waals surface area contributed by atoms with Crippen LogP contribution in [0.3, 0.4) is 0 Å². The normalized spacial score (nSPS) is 29.4. The Morgan fingerprint density at radius 2 is 2.20 bits per heavy atom. The van der Waals surface area contributed by atoms with E-state index in [1.807, 2.05) is 0 Å². The molecule has 4 unspecified atom stereocenters. The maximum atomic E-state index is 11.0. The number of carbonyl (C=O) groups is 1. The summed E-state index contributed by atoms with van der Waals surface area (Å²) in [5, 5.41) is 12.5. The highest BCUT2D eigenvalue weighted by Crippen LogP contribution is 2.50. The molecule has 2 bridgehead atoms. The molecule has 0 radical (unpaired) electrons. The predicted octanol–water partition coefficient (Wildman–Crippen LogP) is 3.20. The fourth-order valence-corrected chi connectivity index (χ4v) is 4.07. The zero-order valence-electron chi connectivity index (χ0n) is 11.8. The third-order valence-corrected chi connectivity index (χ3v) is 5.12. The minimum atomic E-state index is -0.916. The number of carboxylic acid groups (broad SMARTS) is 1. The molecule has 1 aromatic carbocycles. The van der Waals surface area contributed by atoms with Crippen LogP contribution in [0.1, 0.15) is 43.0 Å². The van der Waals surface area contributed by atoms with Crippen molar-refractivity contribution in [3.63, 3.8) is 0 Å². The molecule has 0 aliphatic heterocycles. The Labute approximate surface area is 119 Å². The average molecular weight is 274 g/mol. The third-order valence-electron chi connectivity index (χ3n) is 5.12. The van der Waals surface area contributed by atoms with E-state index in [1.54, 1.807) is 18.2 Å². The fourth-order valence-electron chi connectivity index (χ4n) is 4.07. The molecule has 0 aromatic heterocycles. The summed E-state index contributed by atoms with van der Waals surface area (Å²) in [5.74, 6) is 1.53. The first-order chi connectivity index (χ1) is 9.54. The number of nitrogens with two attached hydrogens (primary N) is 1. The standard InChI is InChI=1S/C16H22N2O2/c1-9(13-7-10-2-3-11(13)6-10)18-15-8-12(16(19)20)4-5-14(15)17/h4-5,8-11,13,18H,2-3,6-7,17H2,1H3,(H,19,20). The van der Waals surface area contributed by atoms with Gasteiger partial charge in [-0.15, -0.1) is 0 Å². The van der Waals surface area contributed by atoms with Crippen LogP contribution in [-0.4, -0.2) is 17.1 Å². The van der Waals surface area contributed by atoms with Gasteiger partial charge in [-0.2, -0.15) is 0 Å². The summed E-state index contributed by atoms with van der Waals surface area (Å²) in [4.78, 5) is 11.0. The van der Waals surface area contributed by atoms with Crippen molar-refractivity contribution in [2.24, 2.45) is 17.8 Å². The third kappa shape index (κ3) is 2.35. The van der Waals surface area contributed by atoms with Gasteiger partial charge in [0.15, 0.2) is 0 Å². The summed E-state index contributed by atoms with van der Waals surface area (Å²) in [5.41, 5.74) is 7.60. The fraction of sp³-hybridized carbons (Fsp3) is 0.562. The minimum Gasteiger partial charge on any atom is -0.478 e. The van der Waals surface area contributed by atoms with Gasteiger partial charge in [-0.1, -0.05) is 6.42 Å². The van der Waals surface area contributed by atoms with Gasteiger partial charge in [0, 0.05) is 6.04 Å². The van der Waals surface area contributed by atoms with Crippen molar-refractivity contribution in [3.05, 3.63) is 23.8 Å². The number of hydrogen-bond donors (Lipinski definition) is 3. The number of nitrogen functional groups attached to an aromatic ring is 1. The first-order valence-corrected chi connectivity index (χ1v) is 7.44. The van der Waals surface area contributed by atoms with Gasteiger partial charge in [0.25, 0.3) is 0 Å². The van der Waals surface area contributed by atoms with Gasteiger partial charge < -0.3 is 16.2 Å². The van der Waals surface area contributed by atoms with Crippen LogP contribution in [-0.2, 0) is 0 Å². The summed E-state index contributed by atoms with van der Waals surface area (Å²) < 4.78 is 0. The van der Waals surface area contributed by atoms with Crippen molar-refractivity contribution in [1.82, 2.24) is 0 Å². The Morgan fingerprint density at radius 1 is 1.40 bits per heavy atom. The Balaban J connectivity index is 1.74. The second-order valence-electron chi connectivity index (χ2n) is 6.38. The Kier molecular flexibility index (Phi) is 3.32. The summed E-state index contributed by atoms with van der Waals surface area (Å²) >= 11 is 0. The molecule has 4 heteroatoms. The number of fused-ring (bicyclic) bond motifs is 2. The van der Waals surface area contributed by atoms with Gasteiger partial charge in [0.2, 0.25) is 0 Å². The van der Waals surface area contributed by atoms with Gasteiger partial charge in [0.1, 0.15) is 0 Å². The van der Waals surface area contributed by atoms with Crippen LogP contribution >= 0.6 is 0 Å². The molecule has 2 aliphatic rings. The lowest BCUT2D eigenvalue weighted by Gasteiger charge is -2.29. The van der Waals surface area contributed by atoms with Crippen molar-refractivity contribution < 1.29 is 9.90 Å². The molecular weight excluding hydrogens is 252 g/mol. The van der Waals surface area contributed by atoms with Gasteiger partial charge >= 0.3 is 5.97 Å². The molecule has 0 amide bonds. The zero-order valence-corrected chi connectivity index (χ0v) is 11.8. The Bertz CT molecular complexity index is 529. The second kappa shape index (κ2) is 5.00. The lowest BCUT2D eigenvalue weighted by molar-refractivity contribution is 0.0697. The van der Waals surface area contributed by atoms with E-state index in [1.165, 1.54) is 25.7 Å². The lowest BCUT2D eigenvalue weighted by atomic mass is 9.84. The number of nitrogens with one attached hydrogen (secondary N) is 1. The summed E-state index contributed by atoms with van der Waals surface area (Å²) in [6.45, 7) is 2.19. The molecule has 2 aliphatic carbocycles. The second-order valence-corrected chi connectivity index (χ2v) is 6.38. The highest BCUT2D eigenvalue weighted by molar-refractivity contribution is 5.90. The minimum absolute atomic E-state index is 0.279. The number of anilines is 2. The van der Waals surface area contributed by atoms with Gasteiger partial charge in [-0.3, -0.25) is 0 Å². The number of benzene rings is 1. The Morgan fingerprint density at radius 3 is 2.80 bits per heavy atom. The summed E-state index contributed by atoms with van der Waals surface area (Å²) in [7, 11) is 0. The van der Waals surface area contributed by atoms with Crippen LogP contribution in [0.25, 0.3) is 0 Å². The van der Waals surface area contributed by atoms with E-state index in [4.69, 9.17) is 10.8 Å². The van der Waals surface area contributed by atoms with Crippen LogP contribution in [0.15, 0.2) is 18.2 Å². The highest BCUT2D eigenvalue weighted by Gasteiger charge is 2.41. The molecule has 4 N–H and O–H groups in total. The number of rotatable bonds is 4. The van der Waals surface area contributed by atoms with E-state index in [-0.39, 0.29) is 5.56 Å². The van der Waals surface area contributed by atoms with E-state index in [2.05, 4.69) is 12.2 Å². The number of aromatic carboxylic acids is 1. The number of hydrogen-bond acceptors (Lipinski definition) is 3. The molecule has 4 atom stereocenters. The van der Waals surface area contributed by atoms with Crippen molar-refractivity contribution in [3.8, 4) is 0 Å².